The fourth-order valence-corrected chi connectivity index (χ4v) is 2.93. The van der Waals surface area contributed by atoms with Gasteiger partial charge in [0, 0.05) is 19.0 Å². The van der Waals surface area contributed by atoms with Crippen LogP contribution < -0.4 is 10.5 Å². The molecule has 0 spiro atoms. The van der Waals surface area contributed by atoms with Gasteiger partial charge in [-0.1, -0.05) is 32.9 Å². The molecule has 1 atom stereocenters. The zero-order valence-corrected chi connectivity index (χ0v) is 15.0. The number of ether oxygens (including phenoxy) is 1. The largest absolute Gasteiger partial charge is 0.481 e. The van der Waals surface area contributed by atoms with Crippen LogP contribution in [-0.4, -0.2) is 35.9 Å². The van der Waals surface area contributed by atoms with Crippen molar-refractivity contribution in [3.63, 3.8) is 0 Å². The Morgan fingerprint density at radius 1 is 1.17 bits per heavy atom. The van der Waals surface area contributed by atoms with E-state index >= 15 is 0 Å². The SMILES string of the molecule is C[C@H](Oc1ccc(C(C)(C)C)cc1)C(=O)N1CCC(C(N)=O)CC1. The Bertz CT molecular complexity index is 582. The number of likely N-dealkylation sites (tertiary alicyclic amines) is 1. The van der Waals surface area contributed by atoms with E-state index in [1.807, 2.05) is 24.3 Å². The maximum atomic E-state index is 12.5. The fourth-order valence-electron chi connectivity index (χ4n) is 2.93. The number of carbonyl (C=O) groups is 2. The smallest absolute Gasteiger partial charge is 0.263 e. The molecular formula is C19H28N2O3. The molecule has 132 valence electrons. The van der Waals surface area contributed by atoms with Crippen molar-refractivity contribution in [2.45, 2.75) is 52.1 Å². The minimum Gasteiger partial charge on any atom is -0.481 e. The number of piperidine rings is 1. The highest BCUT2D eigenvalue weighted by Crippen LogP contribution is 2.25. The van der Waals surface area contributed by atoms with E-state index in [-0.39, 0.29) is 23.1 Å². The molecule has 1 fully saturated rings. The number of hydrogen-bond donors (Lipinski definition) is 1. The molecule has 1 heterocycles. The standard InChI is InChI=1S/C19H28N2O3/c1-13(18(23)21-11-9-14(10-12-21)17(20)22)24-16-7-5-15(6-8-16)19(2,3)4/h5-8,13-14H,9-12H2,1-4H3,(H2,20,22)/t13-/m0/s1. The number of carbonyl (C=O) groups excluding carboxylic acids is 2. The molecule has 0 radical (unpaired) electrons. The van der Waals surface area contributed by atoms with Gasteiger partial charge in [-0.15, -0.1) is 0 Å². The number of nitrogens with zero attached hydrogens (tertiary/aromatic N) is 1. The Kier molecular flexibility index (Phi) is 5.52. The van der Waals surface area contributed by atoms with Crippen molar-refractivity contribution in [3.8, 4) is 5.75 Å². The molecule has 1 aliphatic heterocycles. The fraction of sp³-hybridized carbons (Fsp3) is 0.579. The average Bonchev–Trinajstić information content (AvgIpc) is 2.54. The molecule has 0 aliphatic carbocycles. The van der Waals surface area contributed by atoms with Crippen LogP contribution in [0.3, 0.4) is 0 Å². The van der Waals surface area contributed by atoms with Crippen LogP contribution in [0.4, 0.5) is 0 Å². The first-order valence-corrected chi connectivity index (χ1v) is 8.54. The molecule has 1 aliphatic rings. The van der Waals surface area contributed by atoms with E-state index in [9.17, 15) is 9.59 Å². The summed E-state index contributed by atoms with van der Waals surface area (Å²) in [5.41, 5.74) is 6.64. The van der Waals surface area contributed by atoms with Gasteiger partial charge in [0.25, 0.3) is 5.91 Å². The molecule has 1 saturated heterocycles. The van der Waals surface area contributed by atoms with Crippen molar-refractivity contribution < 1.29 is 14.3 Å². The molecule has 2 amide bonds. The van der Waals surface area contributed by atoms with E-state index in [0.717, 1.165) is 0 Å². The lowest BCUT2D eigenvalue weighted by Crippen LogP contribution is -2.46. The van der Waals surface area contributed by atoms with E-state index in [4.69, 9.17) is 10.5 Å². The van der Waals surface area contributed by atoms with Crippen molar-refractivity contribution in [1.82, 2.24) is 4.90 Å². The van der Waals surface area contributed by atoms with Crippen LogP contribution in [0.5, 0.6) is 5.75 Å². The molecule has 2 N–H and O–H groups in total. The highest BCUT2D eigenvalue weighted by molar-refractivity contribution is 5.82. The molecule has 0 saturated carbocycles. The Morgan fingerprint density at radius 2 is 1.71 bits per heavy atom. The summed E-state index contributed by atoms with van der Waals surface area (Å²) in [5.74, 6) is 0.259. The minimum atomic E-state index is -0.546. The van der Waals surface area contributed by atoms with Crippen LogP contribution in [0, 0.1) is 5.92 Å². The number of nitrogens with two attached hydrogens (primary N) is 1. The number of rotatable bonds is 4. The van der Waals surface area contributed by atoms with E-state index in [1.54, 1.807) is 11.8 Å². The maximum absolute atomic E-state index is 12.5. The zero-order chi connectivity index (χ0) is 17.9. The van der Waals surface area contributed by atoms with Crippen molar-refractivity contribution in [3.05, 3.63) is 29.8 Å². The first-order valence-electron chi connectivity index (χ1n) is 8.54. The van der Waals surface area contributed by atoms with Gasteiger partial charge < -0.3 is 15.4 Å². The van der Waals surface area contributed by atoms with Gasteiger partial charge in [0.2, 0.25) is 5.91 Å². The maximum Gasteiger partial charge on any atom is 0.263 e. The van der Waals surface area contributed by atoms with Gasteiger partial charge in [-0.3, -0.25) is 9.59 Å². The van der Waals surface area contributed by atoms with Crippen LogP contribution >= 0.6 is 0 Å². The highest BCUT2D eigenvalue weighted by atomic mass is 16.5. The lowest BCUT2D eigenvalue weighted by atomic mass is 9.87. The van der Waals surface area contributed by atoms with Gasteiger partial charge in [0.1, 0.15) is 5.75 Å². The first kappa shape index (κ1) is 18.3. The number of hydrogen-bond acceptors (Lipinski definition) is 3. The number of amides is 2. The molecule has 1 aromatic rings. The van der Waals surface area contributed by atoms with Crippen molar-refractivity contribution in [2.75, 3.05) is 13.1 Å². The van der Waals surface area contributed by atoms with Crippen molar-refractivity contribution >= 4 is 11.8 Å². The normalized spacial score (nSPS) is 17.4. The molecule has 5 heteroatoms. The van der Waals surface area contributed by atoms with Crippen LogP contribution in [0.25, 0.3) is 0 Å². The second-order valence-electron chi connectivity index (χ2n) is 7.54. The third kappa shape index (κ3) is 4.49. The van der Waals surface area contributed by atoms with Gasteiger partial charge >= 0.3 is 0 Å². The topological polar surface area (TPSA) is 72.6 Å². The molecule has 24 heavy (non-hydrogen) atoms. The van der Waals surface area contributed by atoms with Crippen LogP contribution in [0.15, 0.2) is 24.3 Å². The molecule has 0 unspecified atom stereocenters. The molecule has 1 aromatic carbocycles. The quantitative estimate of drug-likeness (QED) is 0.920. The Morgan fingerprint density at radius 3 is 2.17 bits per heavy atom. The van der Waals surface area contributed by atoms with Gasteiger partial charge in [0.05, 0.1) is 0 Å². The van der Waals surface area contributed by atoms with Gasteiger partial charge in [-0.2, -0.15) is 0 Å². The summed E-state index contributed by atoms with van der Waals surface area (Å²) in [6, 6.07) is 7.88. The van der Waals surface area contributed by atoms with Crippen molar-refractivity contribution in [2.24, 2.45) is 11.7 Å². The average molecular weight is 332 g/mol. The molecule has 0 aromatic heterocycles. The lowest BCUT2D eigenvalue weighted by molar-refractivity contribution is -0.140. The van der Waals surface area contributed by atoms with Gasteiger partial charge in [-0.05, 0) is 42.9 Å². The van der Waals surface area contributed by atoms with E-state index < -0.39 is 6.10 Å². The van der Waals surface area contributed by atoms with Gasteiger partial charge in [0.15, 0.2) is 6.10 Å². The number of benzene rings is 1. The summed E-state index contributed by atoms with van der Waals surface area (Å²) >= 11 is 0. The zero-order valence-electron chi connectivity index (χ0n) is 15.0. The Hall–Kier alpha value is -2.04. The second-order valence-corrected chi connectivity index (χ2v) is 7.54. The van der Waals surface area contributed by atoms with Gasteiger partial charge in [-0.25, -0.2) is 0 Å². The summed E-state index contributed by atoms with van der Waals surface area (Å²) in [4.78, 5) is 25.4. The summed E-state index contributed by atoms with van der Waals surface area (Å²) in [7, 11) is 0. The summed E-state index contributed by atoms with van der Waals surface area (Å²) < 4.78 is 5.79. The van der Waals surface area contributed by atoms with Crippen molar-refractivity contribution in [1.29, 1.82) is 0 Å². The molecule has 0 bridgehead atoms. The van der Waals surface area contributed by atoms with Crippen LogP contribution in [0.2, 0.25) is 0 Å². The van der Waals surface area contributed by atoms with Crippen LogP contribution in [0.1, 0.15) is 46.1 Å². The predicted octanol–water partition coefficient (Wildman–Crippen LogP) is 2.48. The Balaban J connectivity index is 1.91. The first-order chi connectivity index (χ1) is 11.2. The highest BCUT2D eigenvalue weighted by Gasteiger charge is 2.29. The Labute approximate surface area is 144 Å². The lowest BCUT2D eigenvalue weighted by Gasteiger charge is -2.32. The summed E-state index contributed by atoms with van der Waals surface area (Å²) in [5, 5.41) is 0. The van der Waals surface area contributed by atoms with E-state index in [2.05, 4.69) is 20.8 Å². The molecule has 2 rings (SSSR count). The monoisotopic (exact) mass is 332 g/mol. The third-order valence-electron chi connectivity index (χ3n) is 4.59. The van der Waals surface area contributed by atoms with Crippen LogP contribution in [-0.2, 0) is 15.0 Å². The second kappa shape index (κ2) is 7.24. The summed E-state index contributed by atoms with van der Waals surface area (Å²) in [6.45, 7) is 9.35. The summed E-state index contributed by atoms with van der Waals surface area (Å²) in [6.07, 6.45) is 0.720. The van der Waals surface area contributed by atoms with E-state index in [0.29, 0.717) is 31.7 Å². The number of primary amides is 1. The third-order valence-corrected chi connectivity index (χ3v) is 4.59. The molecular weight excluding hydrogens is 304 g/mol. The predicted molar refractivity (Wildman–Crippen MR) is 93.7 cm³/mol. The minimum absolute atomic E-state index is 0.0437. The van der Waals surface area contributed by atoms with E-state index in [1.165, 1.54) is 5.56 Å². The molecule has 5 nitrogen and oxygen atoms in total.